The fourth-order valence-electron chi connectivity index (χ4n) is 1.89. The summed E-state index contributed by atoms with van der Waals surface area (Å²) in [5, 5.41) is 3.39. The molecule has 1 N–H and O–H groups in total. The maximum absolute atomic E-state index is 13.4. The number of ether oxygens (including phenoxy) is 1. The van der Waals surface area contributed by atoms with Crippen LogP contribution in [0.15, 0.2) is 18.2 Å². The first-order valence-corrected chi connectivity index (χ1v) is 6.69. The largest absolute Gasteiger partial charge is 0.494 e. The molecule has 0 aromatic heterocycles. The van der Waals surface area contributed by atoms with E-state index in [4.69, 9.17) is 4.74 Å². The Balaban J connectivity index is 2.21. The smallest absolute Gasteiger partial charge is 0.165 e. The molecule has 3 heteroatoms. The Morgan fingerprint density at radius 2 is 2.00 bits per heavy atom. The number of hydrogen-bond donors (Lipinski definition) is 1. The van der Waals surface area contributed by atoms with Gasteiger partial charge in [0.15, 0.2) is 11.6 Å². The second-order valence-electron chi connectivity index (χ2n) is 4.89. The maximum atomic E-state index is 13.4. The molecule has 0 unspecified atom stereocenters. The van der Waals surface area contributed by atoms with Gasteiger partial charge in [-0.3, -0.25) is 0 Å². The lowest BCUT2D eigenvalue weighted by molar-refractivity contribution is 0.386. The van der Waals surface area contributed by atoms with Crippen molar-refractivity contribution in [3.63, 3.8) is 0 Å². The summed E-state index contributed by atoms with van der Waals surface area (Å²) >= 11 is 0. The van der Waals surface area contributed by atoms with Gasteiger partial charge in [0, 0.05) is 6.04 Å². The van der Waals surface area contributed by atoms with Crippen molar-refractivity contribution >= 4 is 0 Å². The molecule has 0 atom stereocenters. The van der Waals surface area contributed by atoms with Crippen molar-refractivity contribution in [3.8, 4) is 5.75 Å². The molecule has 2 nitrogen and oxygen atoms in total. The molecule has 18 heavy (non-hydrogen) atoms. The van der Waals surface area contributed by atoms with E-state index in [0.29, 0.717) is 11.8 Å². The van der Waals surface area contributed by atoms with E-state index in [2.05, 4.69) is 19.2 Å². The Kier molecular flexibility index (Phi) is 6.73. The second kappa shape index (κ2) is 8.09. The lowest BCUT2D eigenvalue weighted by atomic mass is 10.1. The van der Waals surface area contributed by atoms with Crippen LogP contribution in [0, 0.1) is 5.82 Å². The van der Waals surface area contributed by atoms with Crippen LogP contribution in [-0.4, -0.2) is 19.7 Å². The predicted octanol–water partition coefficient (Wildman–Crippen LogP) is 3.55. The number of methoxy groups -OCH3 is 1. The van der Waals surface area contributed by atoms with Gasteiger partial charge in [-0.1, -0.05) is 26.3 Å². The molecule has 0 spiro atoms. The molecule has 1 aromatic carbocycles. The third-order valence-corrected chi connectivity index (χ3v) is 2.91. The molecule has 0 amide bonds. The molecule has 0 aliphatic rings. The van der Waals surface area contributed by atoms with Crippen LogP contribution < -0.4 is 10.1 Å². The van der Waals surface area contributed by atoms with Crippen LogP contribution in [0.25, 0.3) is 0 Å². The van der Waals surface area contributed by atoms with Gasteiger partial charge >= 0.3 is 0 Å². The SMILES string of the molecule is COc1ccc(CCCCCNC(C)C)cc1F. The summed E-state index contributed by atoms with van der Waals surface area (Å²) in [4.78, 5) is 0. The Labute approximate surface area is 110 Å². The van der Waals surface area contributed by atoms with Gasteiger partial charge in [-0.15, -0.1) is 0 Å². The predicted molar refractivity (Wildman–Crippen MR) is 73.6 cm³/mol. The normalized spacial score (nSPS) is 10.9. The monoisotopic (exact) mass is 253 g/mol. The molecule has 1 rings (SSSR count). The third kappa shape index (κ3) is 5.50. The fourth-order valence-corrected chi connectivity index (χ4v) is 1.89. The van der Waals surface area contributed by atoms with E-state index in [0.717, 1.165) is 24.9 Å². The maximum Gasteiger partial charge on any atom is 0.165 e. The number of nitrogens with one attached hydrogen (secondary N) is 1. The first-order valence-electron chi connectivity index (χ1n) is 6.69. The van der Waals surface area contributed by atoms with Crippen LogP contribution in [0.4, 0.5) is 4.39 Å². The third-order valence-electron chi connectivity index (χ3n) is 2.91. The van der Waals surface area contributed by atoms with Crippen LogP contribution >= 0.6 is 0 Å². The van der Waals surface area contributed by atoms with Gasteiger partial charge in [-0.25, -0.2) is 4.39 Å². The van der Waals surface area contributed by atoms with Crippen LogP contribution in [0.1, 0.15) is 38.7 Å². The molecule has 102 valence electrons. The molecule has 0 radical (unpaired) electrons. The summed E-state index contributed by atoms with van der Waals surface area (Å²) in [6, 6.07) is 5.77. The number of halogens is 1. The van der Waals surface area contributed by atoms with E-state index < -0.39 is 0 Å². The standard InChI is InChI=1S/C15H24FNO/c1-12(2)17-10-6-4-5-7-13-8-9-15(18-3)14(16)11-13/h8-9,11-12,17H,4-7,10H2,1-3H3. The van der Waals surface area contributed by atoms with Crippen LogP contribution in [0.3, 0.4) is 0 Å². The Hall–Kier alpha value is -1.09. The summed E-state index contributed by atoms with van der Waals surface area (Å²) in [6.45, 7) is 5.37. The second-order valence-corrected chi connectivity index (χ2v) is 4.89. The molecule has 0 aliphatic heterocycles. The zero-order valence-corrected chi connectivity index (χ0v) is 11.6. The Morgan fingerprint density at radius 3 is 2.61 bits per heavy atom. The summed E-state index contributed by atoms with van der Waals surface area (Å²) in [5.41, 5.74) is 1.05. The van der Waals surface area contributed by atoms with E-state index in [1.54, 1.807) is 12.1 Å². The van der Waals surface area contributed by atoms with E-state index in [-0.39, 0.29) is 5.82 Å². The molecular weight excluding hydrogens is 229 g/mol. The van der Waals surface area contributed by atoms with Gasteiger partial charge in [0.1, 0.15) is 0 Å². The lowest BCUT2D eigenvalue weighted by Crippen LogP contribution is -2.23. The lowest BCUT2D eigenvalue weighted by Gasteiger charge is -2.08. The van der Waals surface area contributed by atoms with Gasteiger partial charge in [-0.05, 0) is 43.5 Å². The molecule has 0 saturated carbocycles. The molecule has 0 bridgehead atoms. The highest BCUT2D eigenvalue weighted by atomic mass is 19.1. The van der Waals surface area contributed by atoms with Crippen LogP contribution in [-0.2, 0) is 6.42 Å². The molecule has 1 aromatic rings. The van der Waals surface area contributed by atoms with Crippen molar-refractivity contribution in [2.45, 2.75) is 45.6 Å². The minimum atomic E-state index is -0.267. The summed E-state index contributed by atoms with van der Waals surface area (Å²) in [7, 11) is 1.49. The highest BCUT2D eigenvalue weighted by Crippen LogP contribution is 2.18. The molecule has 0 aliphatic carbocycles. The quantitative estimate of drug-likeness (QED) is 0.715. The van der Waals surface area contributed by atoms with Crippen molar-refractivity contribution in [2.75, 3.05) is 13.7 Å². The van der Waals surface area contributed by atoms with Gasteiger partial charge in [0.25, 0.3) is 0 Å². The van der Waals surface area contributed by atoms with Gasteiger partial charge < -0.3 is 10.1 Å². The fraction of sp³-hybridized carbons (Fsp3) is 0.600. The summed E-state index contributed by atoms with van der Waals surface area (Å²) in [5.74, 6) is 0.0522. The molecule has 0 fully saturated rings. The van der Waals surface area contributed by atoms with E-state index in [1.807, 2.05) is 6.07 Å². The van der Waals surface area contributed by atoms with Crippen molar-refractivity contribution in [1.82, 2.24) is 5.32 Å². The molecular formula is C15H24FNO. The highest BCUT2D eigenvalue weighted by Gasteiger charge is 2.03. The van der Waals surface area contributed by atoms with E-state index in [9.17, 15) is 4.39 Å². The van der Waals surface area contributed by atoms with Crippen molar-refractivity contribution in [3.05, 3.63) is 29.6 Å². The zero-order chi connectivity index (χ0) is 13.4. The Morgan fingerprint density at radius 1 is 1.22 bits per heavy atom. The van der Waals surface area contributed by atoms with Crippen LogP contribution in [0.5, 0.6) is 5.75 Å². The van der Waals surface area contributed by atoms with E-state index in [1.165, 1.54) is 20.0 Å². The number of aryl methyl sites for hydroxylation is 1. The number of rotatable bonds is 8. The Bertz CT molecular complexity index is 352. The molecule has 0 saturated heterocycles. The van der Waals surface area contributed by atoms with Crippen molar-refractivity contribution in [2.24, 2.45) is 0 Å². The van der Waals surface area contributed by atoms with Crippen molar-refractivity contribution in [1.29, 1.82) is 0 Å². The number of unbranched alkanes of at least 4 members (excludes halogenated alkanes) is 2. The van der Waals surface area contributed by atoms with E-state index >= 15 is 0 Å². The molecule has 0 heterocycles. The number of hydrogen-bond acceptors (Lipinski definition) is 2. The van der Waals surface area contributed by atoms with Gasteiger partial charge in [-0.2, -0.15) is 0 Å². The summed E-state index contributed by atoms with van der Waals surface area (Å²) in [6.07, 6.45) is 4.39. The van der Waals surface area contributed by atoms with Crippen LogP contribution in [0.2, 0.25) is 0 Å². The first-order chi connectivity index (χ1) is 8.63. The minimum absolute atomic E-state index is 0.267. The minimum Gasteiger partial charge on any atom is -0.494 e. The van der Waals surface area contributed by atoms with Gasteiger partial charge in [0.05, 0.1) is 7.11 Å². The average Bonchev–Trinajstić information content (AvgIpc) is 2.33. The van der Waals surface area contributed by atoms with Gasteiger partial charge in [0.2, 0.25) is 0 Å². The highest BCUT2D eigenvalue weighted by molar-refractivity contribution is 5.29. The summed E-state index contributed by atoms with van der Waals surface area (Å²) < 4.78 is 18.3. The zero-order valence-electron chi connectivity index (χ0n) is 11.6. The first kappa shape index (κ1) is 15.0. The topological polar surface area (TPSA) is 21.3 Å². The number of benzene rings is 1. The average molecular weight is 253 g/mol. The van der Waals surface area contributed by atoms with Crippen molar-refractivity contribution < 1.29 is 9.13 Å².